The summed E-state index contributed by atoms with van der Waals surface area (Å²) in [6.45, 7) is 4.43. The van der Waals surface area contributed by atoms with Gasteiger partial charge in [-0.25, -0.2) is 4.98 Å². The van der Waals surface area contributed by atoms with Gasteiger partial charge < -0.3 is 10.6 Å². The SMILES string of the molecule is CCNc1cc([N+](=O)[O-])cc(Nc2ccc(C)c(Cl)c2)n1. The maximum atomic E-state index is 11.0. The number of benzene rings is 1. The lowest BCUT2D eigenvalue weighted by Crippen LogP contribution is -2.03. The fourth-order valence-electron chi connectivity index (χ4n) is 1.78. The highest BCUT2D eigenvalue weighted by Gasteiger charge is 2.11. The van der Waals surface area contributed by atoms with Crippen LogP contribution in [-0.2, 0) is 0 Å². The third kappa shape index (κ3) is 3.82. The summed E-state index contributed by atoms with van der Waals surface area (Å²) in [5.74, 6) is 0.840. The average molecular weight is 307 g/mol. The van der Waals surface area contributed by atoms with Crippen LogP contribution in [0.1, 0.15) is 12.5 Å². The molecule has 2 rings (SSSR count). The van der Waals surface area contributed by atoms with Gasteiger partial charge in [0, 0.05) is 17.3 Å². The zero-order valence-electron chi connectivity index (χ0n) is 11.7. The Kier molecular flexibility index (Phi) is 4.59. The smallest absolute Gasteiger partial charge is 0.276 e. The van der Waals surface area contributed by atoms with E-state index in [9.17, 15) is 10.1 Å². The van der Waals surface area contributed by atoms with Crippen LogP contribution >= 0.6 is 11.6 Å². The minimum Gasteiger partial charge on any atom is -0.370 e. The molecule has 0 amide bonds. The number of nitro groups is 1. The summed E-state index contributed by atoms with van der Waals surface area (Å²) in [6, 6.07) is 8.25. The van der Waals surface area contributed by atoms with E-state index in [1.807, 2.05) is 26.0 Å². The number of halogens is 1. The highest BCUT2D eigenvalue weighted by Crippen LogP contribution is 2.26. The number of nitrogens with zero attached hydrogens (tertiary/aromatic N) is 2. The summed E-state index contributed by atoms with van der Waals surface area (Å²) < 4.78 is 0. The Balaban J connectivity index is 2.33. The highest BCUT2D eigenvalue weighted by atomic mass is 35.5. The first-order chi connectivity index (χ1) is 9.99. The van der Waals surface area contributed by atoms with Crippen molar-refractivity contribution < 1.29 is 4.92 Å². The maximum Gasteiger partial charge on any atom is 0.276 e. The van der Waals surface area contributed by atoms with Crippen molar-refractivity contribution in [3.63, 3.8) is 0 Å². The molecular formula is C14H15ClN4O2. The summed E-state index contributed by atoms with van der Waals surface area (Å²) in [6.07, 6.45) is 0. The van der Waals surface area contributed by atoms with Crippen LogP contribution < -0.4 is 10.6 Å². The van der Waals surface area contributed by atoms with E-state index in [1.165, 1.54) is 12.1 Å². The van der Waals surface area contributed by atoms with Crippen molar-refractivity contribution in [3.05, 3.63) is 51.0 Å². The Labute approximate surface area is 127 Å². The van der Waals surface area contributed by atoms with Crippen LogP contribution in [-0.4, -0.2) is 16.5 Å². The normalized spacial score (nSPS) is 10.2. The molecule has 1 aromatic carbocycles. The number of aryl methyl sites for hydroxylation is 1. The van der Waals surface area contributed by atoms with Crippen LogP contribution in [0.2, 0.25) is 5.02 Å². The molecule has 0 atom stereocenters. The molecule has 0 aliphatic carbocycles. The zero-order valence-corrected chi connectivity index (χ0v) is 12.4. The second-order valence-corrected chi connectivity index (χ2v) is 4.88. The molecule has 0 unspecified atom stereocenters. The van der Waals surface area contributed by atoms with Crippen LogP contribution in [0.3, 0.4) is 0 Å². The van der Waals surface area contributed by atoms with E-state index in [0.717, 1.165) is 11.3 Å². The molecule has 110 valence electrons. The quantitative estimate of drug-likeness (QED) is 0.641. The molecule has 2 N–H and O–H groups in total. The summed E-state index contributed by atoms with van der Waals surface area (Å²) in [5.41, 5.74) is 1.66. The van der Waals surface area contributed by atoms with Gasteiger partial charge in [0.15, 0.2) is 0 Å². The minimum absolute atomic E-state index is 0.0262. The fourth-order valence-corrected chi connectivity index (χ4v) is 1.96. The maximum absolute atomic E-state index is 11.0. The molecule has 0 aliphatic rings. The van der Waals surface area contributed by atoms with Crippen LogP contribution in [0.4, 0.5) is 23.0 Å². The third-order valence-corrected chi connectivity index (χ3v) is 3.23. The van der Waals surface area contributed by atoms with Gasteiger partial charge in [-0.2, -0.15) is 0 Å². The van der Waals surface area contributed by atoms with Gasteiger partial charge in [-0.1, -0.05) is 17.7 Å². The third-order valence-electron chi connectivity index (χ3n) is 2.82. The molecule has 0 saturated carbocycles. The van der Waals surface area contributed by atoms with E-state index < -0.39 is 4.92 Å². The first-order valence-corrected chi connectivity index (χ1v) is 6.81. The number of aromatic nitrogens is 1. The van der Waals surface area contributed by atoms with Crippen molar-refractivity contribution in [3.8, 4) is 0 Å². The van der Waals surface area contributed by atoms with E-state index >= 15 is 0 Å². The van der Waals surface area contributed by atoms with Gasteiger partial charge >= 0.3 is 0 Å². The van der Waals surface area contributed by atoms with Gasteiger partial charge in [0.25, 0.3) is 5.69 Å². The number of hydrogen-bond donors (Lipinski definition) is 2. The Hall–Kier alpha value is -2.34. The van der Waals surface area contributed by atoms with Crippen molar-refractivity contribution in [2.24, 2.45) is 0 Å². The lowest BCUT2D eigenvalue weighted by Gasteiger charge is -2.09. The fraction of sp³-hybridized carbons (Fsp3) is 0.214. The topological polar surface area (TPSA) is 80.1 Å². The van der Waals surface area contributed by atoms with E-state index in [2.05, 4.69) is 15.6 Å². The van der Waals surface area contributed by atoms with Crippen LogP contribution in [0.5, 0.6) is 0 Å². The van der Waals surface area contributed by atoms with Crippen LogP contribution in [0.15, 0.2) is 30.3 Å². The number of nitrogens with one attached hydrogen (secondary N) is 2. The molecule has 0 saturated heterocycles. The van der Waals surface area contributed by atoms with Crippen molar-refractivity contribution in [1.82, 2.24) is 4.98 Å². The lowest BCUT2D eigenvalue weighted by atomic mass is 10.2. The molecule has 6 nitrogen and oxygen atoms in total. The first kappa shape index (κ1) is 15.1. The zero-order chi connectivity index (χ0) is 15.4. The molecule has 21 heavy (non-hydrogen) atoms. The van der Waals surface area contributed by atoms with Gasteiger partial charge in [0.2, 0.25) is 0 Å². The molecule has 0 fully saturated rings. The van der Waals surface area contributed by atoms with Crippen molar-refractivity contribution in [2.45, 2.75) is 13.8 Å². The Morgan fingerprint density at radius 1 is 1.29 bits per heavy atom. The average Bonchev–Trinajstić information content (AvgIpc) is 2.43. The van der Waals surface area contributed by atoms with E-state index in [1.54, 1.807) is 6.07 Å². The number of pyridine rings is 1. The molecule has 0 radical (unpaired) electrons. The predicted octanol–water partition coefficient (Wildman–Crippen LogP) is 4.13. The summed E-state index contributed by atoms with van der Waals surface area (Å²) in [7, 11) is 0. The monoisotopic (exact) mass is 306 g/mol. The Morgan fingerprint density at radius 2 is 2.00 bits per heavy atom. The largest absolute Gasteiger partial charge is 0.370 e. The summed E-state index contributed by atoms with van der Waals surface area (Å²) >= 11 is 6.06. The van der Waals surface area contributed by atoms with Crippen LogP contribution in [0.25, 0.3) is 0 Å². The summed E-state index contributed by atoms with van der Waals surface area (Å²) in [5, 5.41) is 17.6. The van der Waals surface area contributed by atoms with Gasteiger partial charge in [-0.05, 0) is 31.5 Å². The molecule has 2 aromatic rings. The molecule has 1 aromatic heterocycles. The van der Waals surface area contributed by atoms with E-state index in [4.69, 9.17) is 11.6 Å². The van der Waals surface area contributed by atoms with Crippen molar-refractivity contribution in [2.75, 3.05) is 17.2 Å². The first-order valence-electron chi connectivity index (χ1n) is 6.43. The van der Waals surface area contributed by atoms with Crippen LogP contribution in [0, 0.1) is 17.0 Å². The standard InChI is InChI=1S/C14H15ClN4O2/c1-3-16-13-7-11(19(20)21)8-14(18-13)17-10-5-4-9(2)12(15)6-10/h4-8H,3H2,1-2H3,(H2,16,17,18). The van der Waals surface area contributed by atoms with E-state index in [0.29, 0.717) is 23.2 Å². The Morgan fingerprint density at radius 3 is 2.62 bits per heavy atom. The highest BCUT2D eigenvalue weighted by molar-refractivity contribution is 6.31. The Bertz CT molecular complexity index is 676. The van der Waals surface area contributed by atoms with E-state index in [-0.39, 0.29) is 5.69 Å². The molecule has 0 spiro atoms. The number of hydrogen-bond acceptors (Lipinski definition) is 5. The minimum atomic E-state index is -0.449. The summed E-state index contributed by atoms with van der Waals surface area (Å²) in [4.78, 5) is 14.8. The molecule has 0 bridgehead atoms. The lowest BCUT2D eigenvalue weighted by molar-refractivity contribution is -0.384. The molecule has 0 aliphatic heterocycles. The molecular weight excluding hydrogens is 292 g/mol. The van der Waals surface area contributed by atoms with Gasteiger partial charge in [-0.3, -0.25) is 10.1 Å². The van der Waals surface area contributed by atoms with Crippen molar-refractivity contribution >= 4 is 34.6 Å². The predicted molar refractivity (Wildman–Crippen MR) is 84.5 cm³/mol. The number of rotatable bonds is 5. The molecule has 7 heteroatoms. The number of anilines is 3. The second-order valence-electron chi connectivity index (χ2n) is 4.47. The van der Waals surface area contributed by atoms with Gasteiger partial charge in [0.05, 0.1) is 17.1 Å². The molecule has 1 heterocycles. The van der Waals surface area contributed by atoms with Crippen molar-refractivity contribution in [1.29, 1.82) is 0 Å². The second kappa shape index (κ2) is 6.41. The van der Waals surface area contributed by atoms with Gasteiger partial charge in [-0.15, -0.1) is 0 Å². The van der Waals surface area contributed by atoms with Gasteiger partial charge in [0.1, 0.15) is 11.6 Å².